The van der Waals surface area contributed by atoms with E-state index >= 15 is 0 Å². The van der Waals surface area contributed by atoms with Crippen molar-refractivity contribution in [2.24, 2.45) is 0 Å². The van der Waals surface area contributed by atoms with Gasteiger partial charge in [0.05, 0.1) is 11.3 Å². The number of alkyl halides is 3. The Morgan fingerprint density at radius 2 is 1.91 bits per heavy atom. The lowest BCUT2D eigenvalue weighted by Crippen LogP contribution is -2.22. The van der Waals surface area contributed by atoms with Gasteiger partial charge in [0.15, 0.2) is 5.13 Å². The lowest BCUT2D eigenvalue weighted by molar-refractivity contribution is -0.137. The van der Waals surface area contributed by atoms with E-state index in [1.807, 2.05) is 6.07 Å². The normalized spacial score (nSPS) is 11.4. The molecular weight excluding hydrogens is 455 g/mol. The number of aryl methyl sites for hydroxylation is 1. The van der Waals surface area contributed by atoms with Gasteiger partial charge in [-0.15, -0.1) is 0 Å². The highest BCUT2D eigenvalue weighted by Crippen LogP contribution is 2.29. The van der Waals surface area contributed by atoms with E-state index in [2.05, 4.69) is 20.6 Å². The van der Waals surface area contributed by atoms with Crippen LogP contribution >= 0.6 is 11.3 Å². The van der Waals surface area contributed by atoms with Gasteiger partial charge in [0, 0.05) is 37.9 Å². The van der Waals surface area contributed by atoms with Crippen LogP contribution in [0.1, 0.15) is 32.1 Å². The monoisotopic (exact) mass is 475 g/mol. The van der Waals surface area contributed by atoms with Crippen molar-refractivity contribution in [3.63, 3.8) is 0 Å². The molecule has 0 saturated heterocycles. The second-order valence-electron chi connectivity index (χ2n) is 6.86. The van der Waals surface area contributed by atoms with Gasteiger partial charge in [-0.1, -0.05) is 29.5 Å². The molecular formula is C22H20F3N5O2S. The number of thiazole rings is 1. The maximum atomic E-state index is 12.6. The van der Waals surface area contributed by atoms with Crippen molar-refractivity contribution in [1.29, 1.82) is 0 Å². The molecule has 2 heterocycles. The molecule has 3 aromatic rings. The first-order valence-corrected chi connectivity index (χ1v) is 10.5. The van der Waals surface area contributed by atoms with Gasteiger partial charge < -0.3 is 10.6 Å². The van der Waals surface area contributed by atoms with E-state index in [1.165, 1.54) is 29.4 Å². The van der Waals surface area contributed by atoms with Gasteiger partial charge in [-0.2, -0.15) is 13.2 Å². The van der Waals surface area contributed by atoms with Crippen molar-refractivity contribution >= 4 is 28.8 Å². The lowest BCUT2D eigenvalue weighted by Gasteiger charge is -2.09. The van der Waals surface area contributed by atoms with Gasteiger partial charge in [-0.25, -0.2) is 4.98 Å². The molecule has 11 heteroatoms. The summed E-state index contributed by atoms with van der Waals surface area (Å²) in [7, 11) is 0. The zero-order valence-electron chi connectivity index (χ0n) is 17.5. The summed E-state index contributed by atoms with van der Waals surface area (Å²) in [6.07, 6.45) is 2.37. The number of carbonyl (C=O) groups is 2. The first-order valence-electron chi connectivity index (χ1n) is 9.72. The minimum Gasteiger partial charge on any atom is -0.386 e. The molecule has 0 atom stereocenters. The zero-order chi connectivity index (χ0) is 23.8. The van der Waals surface area contributed by atoms with Gasteiger partial charge >= 0.3 is 6.18 Å². The molecule has 0 aliphatic rings. The molecule has 0 unspecified atom stereocenters. The van der Waals surface area contributed by atoms with Crippen LogP contribution in [0, 0.1) is 6.92 Å². The Morgan fingerprint density at radius 1 is 1.15 bits per heavy atom. The fourth-order valence-corrected chi connectivity index (χ4v) is 3.67. The first kappa shape index (κ1) is 23.9. The Morgan fingerprint density at radius 3 is 2.55 bits per heavy atom. The smallest absolute Gasteiger partial charge is 0.386 e. The first-order chi connectivity index (χ1) is 15.8. The molecule has 0 bridgehead atoms. The van der Waals surface area contributed by atoms with E-state index in [1.54, 1.807) is 25.4 Å². The van der Waals surface area contributed by atoms with Crippen molar-refractivity contribution in [2.75, 3.05) is 4.90 Å². The maximum Gasteiger partial charge on any atom is 0.416 e. The molecule has 3 rings (SSSR count). The Balaban J connectivity index is 1.57. The number of halogens is 3. The average Bonchev–Trinajstić information content (AvgIpc) is 3.19. The molecule has 0 spiro atoms. The van der Waals surface area contributed by atoms with Gasteiger partial charge in [-0.3, -0.25) is 19.5 Å². The number of hydrogen-bond donors (Lipinski definition) is 2. The second kappa shape index (κ2) is 10.7. The molecule has 2 N–H and O–H groups in total. The predicted molar refractivity (Wildman–Crippen MR) is 118 cm³/mol. The number of rotatable bonds is 9. The molecule has 172 valence electrons. The summed E-state index contributed by atoms with van der Waals surface area (Å²) in [6.45, 7) is 2.25. The van der Waals surface area contributed by atoms with Crippen molar-refractivity contribution in [3.8, 4) is 0 Å². The highest BCUT2D eigenvalue weighted by atomic mass is 32.1. The number of nitrogens with one attached hydrogen (secondary N) is 2. The van der Waals surface area contributed by atoms with Crippen LogP contribution in [-0.2, 0) is 24.1 Å². The van der Waals surface area contributed by atoms with E-state index in [0.29, 0.717) is 34.2 Å². The van der Waals surface area contributed by atoms with Crippen molar-refractivity contribution in [1.82, 2.24) is 20.6 Å². The number of pyridine rings is 1. The molecule has 0 aliphatic heterocycles. The molecule has 0 aliphatic carbocycles. The summed E-state index contributed by atoms with van der Waals surface area (Å²) >= 11 is 1.06. The van der Waals surface area contributed by atoms with Gasteiger partial charge in [0.2, 0.25) is 6.41 Å². The Hall–Kier alpha value is -3.73. The summed E-state index contributed by atoms with van der Waals surface area (Å²) in [5, 5.41) is 6.01. The Kier molecular flexibility index (Phi) is 7.78. The molecule has 33 heavy (non-hydrogen) atoms. The van der Waals surface area contributed by atoms with Gasteiger partial charge in [-0.05, 0) is 36.2 Å². The van der Waals surface area contributed by atoms with Crippen LogP contribution in [-0.4, -0.2) is 22.3 Å². The van der Waals surface area contributed by atoms with E-state index in [0.717, 1.165) is 29.0 Å². The van der Waals surface area contributed by atoms with Crippen molar-refractivity contribution < 1.29 is 22.8 Å². The number of hydrogen-bond acceptors (Lipinski definition) is 6. The second-order valence-corrected chi connectivity index (χ2v) is 7.84. The lowest BCUT2D eigenvalue weighted by atomic mass is 10.1. The minimum absolute atomic E-state index is 0.264. The molecule has 2 amide bonds. The molecule has 2 aromatic heterocycles. The van der Waals surface area contributed by atoms with E-state index in [4.69, 9.17) is 0 Å². The van der Waals surface area contributed by atoms with Crippen molar-refractivity contribution in [2.45, 2.75) is 26.2 Å². The maximum absolute atomic E-state index is 12.6. The number of amides is 2. The number of nitrogens with zero attached hydrogens (tertiary/aromatic N) is 3. The van der Waals surface area contributed by atoms with Crippen LogP contribution in [0.15, 0.2) is 61.2 Å². The number of benzene rings is 1. The van der Waals surface area contributed by atoms with Crippen LogP contribution in [0.25, 0.3) is 0 Å². The van der Waals surface area contributed by atoms with E-state index < -0.39 is 11.7 Å². The molecule has 7 nitrogen and oxygen atoms in total. The van der Waals surface area contributed by atoms with Crippen LogP contribution in [0.4, 0.5) is 18.3 Å². The quantitative estimate of drug-likeness (QED) is 0.457. The number of anilines is 1. The molecule has 0 fully saturated rings. The summed E-state index contributed by atoms with van der Waals surface area (Å²) < 4.78 is 37.9. The SMILES string of the molecule is Cc1nc(N(C=O)/C=C\NCc2ccc(C(F)(F)F)cc2)sc1C(=O)NCc1cccnc1. The third-order valence-electron chi connectivity index (χ3n) is 4.44. The van der Waals surface area contributed by atoms with Gasteiger partial charge in [0.25, 0.3) is 5.91 Å². The Bertz CT molecular complexity index is 1120. The fraction of sp³-hybridized carbons (Fsp3) is 0.182. The van der Waals surface area contributed by atoms with Crippen LogP contribution in [0.5, 0.6) is 0 Å². The number of aromatic nitrogens is 2. The minimum atomic E-state index is -4.38. The topological polar surface area (TPSA) is 87.2 Å². The molecule has 1 aromatic carbocycles. The van der Waals surface area contributed by atoms with E-state index in [9.17, 15) is 22.8 Å². The van der Waals surface area contributed by atoms with Crippen LogP contribution in [0.3, 0.4) is 0 Å². The fourth-order valence-electron chi connectivity index (χ4n) is 2.73. The van der Waals surface area contributed by atoms with E-state index in [-0.39, 0.29) is 12.5 Å². The summed E-state index contributed by atoms with van der Waals surface area (Å²) in [5.74, 6) is -0.310. The molecule has 0 radical (unpaired) electrons. The third-order valence-corrected chi connectivity index (χ3v) is 5.61. The summed E-state index contributed by atoms with van der Waals surface area (Å²) in [4.78, 5) is 33.9. The summed E-state index contributed by atoms with van der Waals surface area (Å²) in [6, 6.07) is 8.39. The van der Waals surface area contributed by atoms with Crippen molar-refractivity contribution in [3.05, 3.63) is 88.5 Å². The Labute approximate surface area is 192 Å². The summed E-state index contributed by atoms with van der Waals surface area (Å²) in [5.41, 5.74) is 1.26. The molecule has 0 saturated carbocycles. The highest BCUT2D eigenvalue weighted by Gasteiger charge is 2.29. The highest BCUT2D eigenvalue weighted by molar-refractivity contribution is 7.17. The number of carbonyl (C=O) groups excluding carboxylic acids is 2. The van der Waals surface area contributed by atoms with Crippen LogP contribution < -0.4 is 15.5 Å². The largest absolute Gasteiger partial charge is 0.416 e. The predicted octanol–water partition coefficient (Wildman–Crippen LogP) is 4.02. The standard InChI is InChI=1S/C22H20F3N5O2S/c1-15-19(20(32)28-13-17-3-2-8-26-12-17)33-21(29-15)30(14-31)10-9-27-11-16-4-6-18(7-5-16)22(23,24)25/h2-10,12,14,27H,11,13H2,1H3,(H,28,32)/b10-9-. The zero-order valence-corrected chi connectivity index (χ0v) is 18.3. The van der Waals surface area contributed by atoms with Crippen LogP contribution in [0.2, 0.25) is 0 Å². The average molecular weight is 475 g/mol. The van der Waals surface area contributed by atoms with Gasteiger partial charge in [0.1, 0.15) is 4.88 Å². The third kappa shape index (κ3) is 6.62.